The minimum absolute atomic E-state index is 0.0753. The lowest BCUT2D eigenvalue weighted by atomic mass is 10.1. The highest BCUT2D eigenvalue weighted by Gasteiger charge is 2.25. The first kappa shape index (κ1) is 19.2. The Balaban J connectivity index is 2.89. The molecule has 1 aromatic rings. The Kier molecular flexibility index (Phi) is 6.35. The number of nitrogens with zero attached hydrogens (tertiary/aromatic N) is 1. The summed E-state index contributed by atoms with van der Waals surface area (Å²) < 4.78 is 5.07. The minimum atomic E-state index is -1.16. The smallest absolute Gasteiger partial charge is 0.408 e. The molecule has 1 rings (SSSR count). The summed E-state index contributed by atoms with van der Waals surface area (Å²) in [5.74, 6) is -1.16. The van der Waals surface area contributed by atoms with Crippen molar-refractivity contribution in [2.45, 2.75) is 38.8 Å². The van der Waals surface area contributed by atoms with Gasteiger partial charge in [-0.2, -0.15) is 0 Å². The number of carbonyl (C=O) groups excluding carboxylic acids is 1. The topological polar surface area (TPSA) is 88.0 Å². The molecule has 1 atom stereocenters. The van der Waals surface area contributed by atoms with Gasteiger partial charge in [-0.25, -0.2) is 9.59 Å². The van der Waals surface area contributed by atoms with Gasteiger partial charge < -0.3 is 15.2 Å². The third-order valence-electron chi connectivity index (χ3n) is 2.57. The van der Waals surface area contributed by atoms with Crippen molar-refractivity contribution in [2.24, 2.45) is 4.99 Å². The number of rotatable bonds is 6. The summed E-state index contributed by atoms with van der Waals surface area (Å²) in [7, 11) is 0. The number of aliphatic carboxylic acids is 1. The minimum Gasteiger partial charge on any atom is -0.480 e. The van der Waals surface area contributed by atoms with Crippen LogP contribution in [-0.2, 0) is 16.0 Å². The van der Waals surface area contributed by atoms with Gasteiger partial charge in [0.05, 0.1) is 15.6 Å². The van der Waals surface area contributed by atoms with Gasteiger partial charge >= 0.3 is 12.1 Å². The van der Waals surface area contributed by atoms with Gasteiger partial charge in [-0.15, -0.1) is 11.3 Å². The molecule has 0 bridgehead atoms. The number of carbonyl (C=O) groups is 2. The molecule has 0 radical (unpaired) electrons. The van der Waals surface area contributed by atoms with E-state index in [0.29, 0.717) is 20.5 Å². The number of ether oxygens (including phenoxy) is 1. The van der Waals surface area contributed by atoms with Crippen molar-refractivity contribution in [3.8, 4) is 0 Å². The zero-order valence-electron chi connectivity index (χ0n) is 13.2. The van der Waals surface area contributed by atoms with Crippen molar-refractivity contribution >= 4 is 52.4 Å². The summed E-state index contributed by atoms with van der Waals surface area (Å²) in [6, 6.07) is 0.547. The molecule has 1 heterocycles. The standard InChI is InChI=1S/C15H19ClN2O4S/c1-8(16)12-10(17-5)6-9(23-12)7-11(13(19)20)18-14(21)22-15(2,3)4/h6,11H,1,5,7H2,2-4H3,(H,18,21)(H,19,20). The Morgan fingerprint density at radius 3 is 2.52 bits per heavy atom. The van der Waals surface area contributed by atoms with Gasteiger partial charge in [-0.3, -0.25) is 4.99 Å². The van der Waals surface area contributed by atoms with E-state index >= 15 is 0 Å². The molecule has 2 N–H and O–H groups in total. The molecule has 1 amide bonds. The molecular formula is C15H19ClN2O4S. The Morgan fingerprint density at radius 2 is 2.13 bits per heavy atom. The average Bonchev–Trinajstić information content (AvgIpc) is 2.78. The van der Waals surface area contributed by atoms with Gasteiger partial charge in [-0.1, -0.05) is 18.2 Å². The quantitative estimate of drug-likeness (QED) is 0.757. The number of thiophene rings is 1. The molecule has 0 spiro atoms. The Hall–Kier alpha value is -1.86. The number of halogens is 1. The van der Waals surface area contributed by atoms with Crippen molar-refractivity contribution < 1.29 is 19.4 Å². The van der Waals surface area contributed by atoms with Crippen LogP contribution in [0.25, 0.3) is 5.03 Å². The summed E-state index contributed by atoms with van der Waals surface area (Å²) >= 11 is 7.14. The molecular weight excluding hydrogens is 340 g/mol. The summed E-state index contributed by atoms with van der Waals surface area (Å²) in [6.07, 6.45) is -0.711. The van der Waals surface area contributed by atoms with Crippen molar-refractivity contribution in [1.29, 1.82) is 0 Å². The van der Waals surface area contributed by atoms with Crippen molar-refractivity contribution in [3.05, 3.63) is 22.4 Å². The predicted octanol–water partition coefficient (Wildman–Crippen LogP) is 3.81. The molecule has 0 saturated carbocycles. The predicted molar refractivity (Wildman–Crippen MR) is 92.9 cm³/mol. The maximum Gasteiger partial charge on any atom is 0.408 e. The van der Waals surface area contributed by atoms with Crippen LogP contribution in [0.15, 0.2) is 17.6 Å². The van der Waals surface area contributed by atoms with Crippen LogP contribution in [0, 0.1) is 0 Å². The summed E-state index contributed by atoms with van der Waals surface area (Å²) in [6.45, 7) is 12.2. The maximum absolute atomic E-state index is 11.7. The van der Waals surface area contributed by atoms with Crippen molar-refractivity contribution in [1.82, 2.24) is 5.32 Å². The normalized spacial score (nSPS) is 12.3. The molecule has 0 saturated heterocycles. The highest BCUT2D eigenvalue weighted by atomic mass is 35.5. The zero-order valence-corrected chi connectivity index (χ0v) is 14.8. The second-order valence-corrected chi connectivity index (χ2v) is 7.32. The lowest BCUT2D eigenvalue weighted by Crippen LogP contribution is -2.44. The SMILES string of the molecule is C=Nc1cc(CC(NC(=O)OC(C)(C)C)C(=O)O)sc1C(=C)Cl. The number of aliphatic imine (C=N–C) groups is 1. The molecule has 0 aliphatic carbocycles. The molecule has 8 heteroatoms. The van der Waals surface area contributed by atoms with Crippen LogP contribution in [0.5, 0.6) is 0 Å². The van der Waals surface area contributed by atoms with E-state index in [-0.39, 0.29) is 6.42 Å². The Morgan fingerprint density at radius 1 is 1.52 bits per heavy atom. The molecule has 0 aliphatic heterocycles. The second kappa shape index (κ2) is 7.61. The van der Waals surface area contributed by atoms with Crippen LogP contribution >= 0.6 is 22.9 Å². The number of alkyl carbamates (subject to hydrolysis) is 1. The van der Waals surface area contributed by atoms with Gasteiger partial charge in [0.15, 0.2) is 0 Å². The fourth-order valence-corrected chi connectivity index (χ4v) is 2.93. The summed E-state index contributed by atoms with van der Waals surface area (Å²) in [5.41, 5.74) is -0.175. The molecule has 0 fully saturated rings. The summed E-state index contributed by atoms with van der Waals surface area (Å²) in [5, 5.41) is 11.9. The molecule has 0 aliphatic rings. The lowest BCUT2D eigenvalue weighted by molar-refractivity contribution is -0.139. The van der Waals surface area contributed by atoms with Crippen LogP contribution < -0.4 is 5.32 Å². The van der Waals surface area contributed by atoms with Crippen LogP contribution in [0.3, 0.4) is 0 Å². The fourth-order valence-electron chi connectivity index (χ4n) is 1.69. The van der Waals surface area contributed by atoms with E-state index in [4.69, 9.17) is 16.3 Å². The molecule has 126 valence electrons. The number of hydrogen-bond acceptors (Lipinski definition) is 5. The first-order valence-corrected chi connectivity index (χ1v) is 7.89. The van der Waals surface area contributed by atoms with Crippen molar-refractivity contribution in [2.75, 3.05) is 0 Å². The van der Waals surface area contributed by atoms with E-state index < -0.39 is 23.7 Å². The van der Waals surface area contributed by atoms with Gasteiger partial charge in [0, 0.05) is 11.3 Å². The highest BCUT2D eigenvalue weighted by Crippen LogP contribution is 2.36. The first-order chi connectivity index (χ1) is 10.5. The third kappa shape index (κ3) is 6.03. The maximum atomic E-state index is 11.7. The second-order valence-electron chi connectivity index (χ2n) is 5.73. The molecule has 1 aromatic heterocycles. The molecule has 6 nitrogen and oxygen atoms in total. The Labute approximate surface area is 143 Å². The average molecular weight is 359 g/mol. The first-order valence-electron chi connectivity index (χ1n) is 6.70. The van der Waals surface area contributed by atoms with Crippen LogP contribution in [0.2, 0.25) is 0 Å². The fraction of sp³-hybridized carbons (Fsp3) is 0.400. The van der Waals surface area contributed by atoms with E-state index in [1.807, 2.05) is 0 Å². The van der Waals surface area contributed by atoms with Crippen molar-refractivity contribution in [3.63, 3.8) is 0 Å². The number of amides is 1. The monoisotopic (exact) mass is 358 g/mol. The van der Waals surface area contributed by atoms with E-state index in [1.54, 1.807) is 26.8 Å². The summed E-state index contributed by atoms with van der Waals surface area (Å²) in [4.78, 5) is 28.2. The lowest BCUT2D eigenvalue weighted by Gasteiger charge is -2.21. The van der Waals surface area contributed by atoms with Crippen LogP contribution in [0.4, 0.5) is 10.5 Å². The number of carboxylic acids is 1. The number of hydrogen-bond donors (Lipinski definition) is 2. The molecule has 23 heavy (non-hydrogen) atoms. The van der Waals surface area contributed by atoms with Gasteiger partial charge in [0.1, 0.15) is 11.6 Å². The number of nitrogens with one attached hydrogen (secondary N) is 1. The van der Waals surface area contributed by atoms with Gasteiger partial charge in [0.25, 0.3) is 0 Å². The van der Waals surface area contributed by atoms with E-state index in [2.05, 4.69) is 23.6 Å². The van der Waals surface area contributed by atoms with E-state index in [1.165, 1.54) is 11.3 Å². The molecule has 1 unspecified atom stereocenters. The van der Waals surface area contributed by atoms with Crippen LogP contribution in [-0.4, -0.2) is 35.5 Å². The van der Waals surface area contributed by atoms with E-state index in [0.717, 1.165) is 0 Å². The molecule has 0 aromatic carbocycles. The highest BCUT2D eigenvalue weighted by molar-refractivity contribution is 7.14. The zero-order chi connectivity index (χ0) is 17.8. The van der Waals surface area contributed by atoms with Crippen LogP contribution in [0.1, 0.15) is 30.5 Å². The largest absolute Gasteiger partial charge is 0.480 e. The van der Waals surface area contributed by atoms with Gasteiger partial charge in [-0.05, 0) is 33.6 Å². The number of carboxylic acid groups (broad SMARTS) is 1. The van der Waals surface area contributed by atoms with E-state index in [9.17, 15) is 14.7 Å². The Bertz CT molecular complexity index is 634. The third-order valence-corrected chi connectivity index (χ3v) is 4.08. The van der Waals surface area contributed by atoms with Gasteiger partial charge in [0.2, 0.25) is 0 Å².